The van der Waals surface area contributed by atoms with Crippen LogP contribution in [0.4, 0.5) is 11.6 Å². The number of rotatable bonds is 32. The summed E-state index contributed by atoms with van der Waals surface area (Å²) in [7, 11) is -4.89. The van der Waals surface area contributed by atoms with E-state index >= 15 is 0 Å². The van der Waals surface area contributed by atoms with E-state index in [2.05, 4.69) is 27.1 Å². The molecule has 0 radical (unpaired) electrons. The number of nitriles is 2. The quantitative estimate of drug-likeness (QED) is 0.0214. The highest BCUT2D eigenvalue weighted by Gasteiger charge is 2.59. The number of phosphoric acid groups is 1. The average Bonchev–Trinajstić information content (AvgIpc) is 4.19. The SMILES string of the molecule is CCCCCCCCCCCCCCCCCOC[C@H](COP(=O)(OC[C@H]1O[C@@](C#N)(c2ccc3c(N)ncnn23)[C@H](O)[C@@H]1O)OC[C@H]1O[C@@](C#N)(c2ccc3c(N)ncnn23)[C@H](O)[C@@H]1O)OCc1ccccc1. The molecule has 2 aliphatic heterocycles. The highest BCUT2D eigenvalue weighted by atomic mass is 31.2. The van der Waals surface area contributed by atoms with Gasteiger partial charge in [0.1, 0.15) is 78.6 Å². The maximum Gasteiger partial charge on any atom is 0.475 e. The van der Waals surface area contributed by atoms with Gasteiger partial charge in [0.2, 0.25) is 11.2 Å². The Labute approximate surface area is 431 Å². The number of anilines is 2. The summed E-state index contributed by atoms with van der Waals surface area (Å²) in [5.41, 5.74) is 9.11. The van der Waals surface area contributed by atoms with Crippen molar-refractivity contribution in [3.8, 4) is 12.1 Å². The number of nitrogens with two attached hydrogens (primary N) is 2. The summed E-state index contributed by atoms with van der Waals surface area (Å²) in [6.45, 7) is 0.894. The first kappa shape index (κ1) is 56.6. The number of nitrogen functional groups attached to an aromatic ring is 2. The van der Waals surface area contributed by atoms with E-state index in [1.807, 2.05) is 42.5 Å². The van der Waals surface area contributed by atoms with Crippen molar-refractivity contribution >= 4 is 30.5 Å². The number of phosphoric ester groups is 1. The average molecular weight is 1050 g/mol. The number of fused-ring (bicyclic) bond motifs is 2. The number of ether oxygens (including phenoxy) is 4. The molecule has 402 valence electrons. The largest absolute Gasteiger partial charge is 0.475 e. The van der Waals surface area contributed by atoms with Crippen LogP contribution in [0.5, 0.6) is 0 Å². The predicted octanol–water partition coefficient (Wildman–Crippen LogP) is 5.95. The summed E-state index contributed by atoms with van der Waals surface area (Å²) >= 11 is 0. The van der Waals surface area contributed by atoms with Crippen molar-refractivity contribution in [1.82, 2.24) is 29.2 Å². The van der Waals surface area contributed by atoms with Gasteiger partial charge < -0.3 is 50.8 Å². The Bertz CT molecular complexity index is 2540. The molecule has 0 amide bonds. The van der Waals surface area contributed by atoms with Gasteiger partial charge in [0.05, 0.1) is 44.4 Å². The molecule has 22 nitrogen and oxygen atoms in total. The molecule has 23 heteroatoms. The Morgan fingerprint density at radius 3 is 1.58 bits per heavy atom. The smallest absolute Gasteiger partial charge is 0.387 e. The van der Waals surface area contributed by atoms with E-state index in [4.69, 9.17) is 44.0 Å². The lowest BCUT2D eigenvalue weighted by Gasteiger charge is -2.26. The van der Waals surface area contributed by atoms with Gasteiger partial charge in [-0.25, -0.2) is 23.6 Å². The zero-order valence-corrected chi connectivity index (χ0v) is 42.9. The second-order valence-electron chi connectivity index (χ2n) is 19.0. The molecule has 0 spiro atoms. The van der Waals surface area contributed by atoms with Crippen molar-refractivity contribution in [3.05, 3.63) is 84.2 Å². The van der Waals surface area contributed by atoms with Crippen LogP contribution in [0.2, 0.25) is 0 Å². The van der Waals surface area contributed by atoms with Crippen molar-refractivity contribution in [2.24, 2.45) is 0 Å². The number of aliphatic hydroxyl groups excluding tert-OH is 4. The topological polar surface area (TPSA) is 323 Å². The summed E-state index contributed by atoms with van der Waals surface area (Å²) in [4.78, 5) is 7.91. The van der Waals surface area contributed by atoms with Crippen LogP contribution in [0.3, 0.4) is 0 Å². The Morgan fingerprint density at radius 2 is 1.12 bits per heavy atom. The number of hydrogen-bond donors (Lipinski definition) is 6. The van der Waals surface area contributed by atoms with Gasteiger partial charge in [0.25, 0.3) is 0 Å². The zero-order valence-electron chi connectivity index (χ0n) is 42.0. The van der Waals surface area contributed by atoms with Gasteiger partial charge in [0.15, 0.2) is 11.6 Å². The molecule has 4 aromatic heterocycles. The van der Waals surface area contributed by atoms with Gasteiger partial charge in [0, 0.05) is 6.61 Å². The predicted molar refractivity (Wildman–Crippen MR) is 269 cm³/mol. The lowest BCUT2D eigenvalue weighted by molar-refractivity contribution is -0.0802. The van der Waals surface area contributed by atoms with E-state index in [0.29, 0.717) is 17.6 Å². The van der Waals surface area contributed by atoms with Crippen LogP contribution in [-0.4, -0.2) is 125 Å². The maximum absolute atomic E-state index is 14.9. The number of nitrogens with zero attached hydrogens (tertiary/aromatic N) is 8. The summed E-state index contributed by atoms with van der Waals surface area (Å²) in [6.07, 6.45) is 9.64. The van der Waals surface area contributed by atoms with Crippen molar-refractivity contribution in [2.75, 3.05) is 44.5 Å². The van der Waals surface area contributed by atoms with Crippen LogP contribution >= 0.6 is 7.82 Å². The molecule has 6 heterocycles. The molecule has 74 heavy (non-hydrogen) atoms. The van der Waals surface area contributed by atoms with Crippen molar-refractivity contribution < 1.29 is 57.5 Å². The second-order valence-corrected chi connectivity index (χ2v) is 20.6. The minimum atomic E-state index is -4.89. The molecule has 2 aliphatic rings. The monoisotopic (exact) mass is 1050 g/mol. The van der Waals surface area contributed by atoms with Gasteiger partial charge >= 0.3 is 7.82 Å². The summed E-state index contributed by atoms with van der Waals surface area (Å²) in [5.74, 6) is 0.167. The van der Waals surface area contributed by atoms with E-state index in [1.54, 1.807) is 0 Å². The minimum Gasteiger partial charge on any atom is -0.387 e. The molecule has 9 atom stereocenters. The molecule has 0 saturated carbocycles. The molecule has 0 bridgehead atoms. The third-order valence-electron chi connectivity index (χ3n) is 13.7. The molecule has 8 N–H and O–H groups in total. The fourth-order valence-corrected chi connectivity index (χ4v) is 10.7. The Kier molecular flexibility index (Phi) is 20.7. The number of unbranched alkanes of at least 4 members (excludes halogenated alkanes) is 14. The van der Waals surface area contributed by atoms with Crippen LogP contribution < -0.4 is 11.5 Å². The zero-order chi connectivity index (χ0) is 52.6. The van der Waals surface area contributed by atoms with Crippen molar-refractivity contribution in [3.63, 3.8) is 0 Å². The number of aromatic nitrogens is 6. The Morgan fingerprint density at radius 1 is 0.662 bits per heavy atom. The first-order chi connectivity index (χ1) is 35.9. The van der Waals surface area contributed by atoms with Crippen LogP contribution in [0, 0.1) is 22.7 Å². The second kappa shape index (κ2) is 27.0. The fraction of sp³-hybridized carbons (Fsp3) is 0.608. The molecule has 2 fully saturated rings. The number of aliphatic hydroxyl groups is 4. The lowest BCUT2D eigenvalue weighted by Crippen LogP contribution is -2.41. The first-order valence-corrected chi connectivity index (χ1v) is 27.2. The third-order valence-corrected chi connectivity index (χ3v) is 15.1. The molecular formula is C51H71N10O12P. The standard InChI is InChI=1S/C51H71N10O12P/c1-2-3-4-5-6-7-8-9-10-11-12-13-14-15-19-26-67-28-37(68-27-36-20-17-16-18-21-36)29-69-74(66,70-30-40-44(62)46(64)50(32-52,72-40)42-24-22-38-48(54)56-34-58-60(38)42)71-31-41-45(63)47(65)51(33-53,73-41)43-25-23-39-49(55)57-35-59-61(39)43/h16-18,20-25,34-35,37,40-41,44-47,62-65H,2-15,19,26-31H2,1H3,(H2,54,56,58)(H2,55,57,59)/t37-,40-,41-,44-,45-,46-,47-,50+,51+/m1/s1. The molecule has 0 unspecified atom stereocenters. The van der Waals surface area contributed by atoms with Gasteiger partial charge in [-0.1, -0.05) is 127 Å². The molecule has 0 aliphatic carbocycles. The normalized spacial score (nSPS) is 24.4. The molecule has 2 saturated heterocycles. The van der Waals surface area contributed by atoms with Gasteiger partial charge in [-0.2, -0.15) is 20.7 Å². The van der Waals surface area contributed by atoms with Crippen molar-refractivity contribution in [1.29, 1.82) is 10.5 Å². The van der Waals surface area contributed by atoms with Crippen LogP contribution in [0.25, 0.3) is 11.0 Å². The molecule has 1 aromatic carbocycles. The fourth-order valence-electron chi connectivity index (χ4n) is 9.44. The Balaban J connectivity index is 1.00. The van der Waals surface area contributed by atoms with E-state index in [9.17, 15) is 35.5 Å². The van der Waals surface area contributed by atoms with Gasteiger partial charge in [-0.15, -0.1) is 0 Å². The minimum absolute atomic E-state index is 0.0217. The van der Waals surface area contributed by atoms with E-state index in [1.165, 1.54) is 110 Å². The van der Waals surface area contributed by atoms with Crippen LogP contribution in [0.15, 0.2) is 67.3 Å². The Hall–Kier alpha value is -5.17. The van der Waals surface area contributed by atoms with E-state index in [0.717, 1.165) is 37.5 Å². The third kappa shape index (κ3) is 13.4. The number of benzene rings is 1. The first-order valence-electron chi connectivity index (χ1n) is 25.7. The molecule has 5 aromatic rings. The van der Waals surface area contributed by atoms with E-state index < -0.39 is 81.6 Å². The number of hydrogen-bond acceptors (Lipinski definition) is 20. The molecule has 7 rings (SSSR count). The van der Waals surface area contributed by atoms with Crippen LogP contribution in [-0.2, 0) is 54.9 Å². The lowest BCUT2D eigenvalue weighted by atomic mass is 9.92. The van der Waals surface area contributed by atoms with E-state index in [-0.39, 0.29) is 36.2 Å². The summed E-state index contributed by atoms with van der Waals surface area (Å²) in [6, 6.07) is 19.2. The van der Waals surface area contributed by atoms with Gasteiger partial charge in [-0.05, 0) is 36.2 Å². The molecular weight excluding hydrogens is 976 g/mol. The van der Waals surface area contributed by atoms with Gasteiger partial charge in [-0.3, -0.25) is 13.6 Å². The van der Waals surface area contributed by atoms with Crippen molar-refractivity contribution in [2.45, 2.75) is 164 Å². The highest BCUT2D eigenvalue weighted by Crippen LogP contribution is 2.52. The van der Waals surface area contributed by atoms with Crippen LogP contribution in [0.1, 0.15) is 120 Å². The maximum atomic E-state index is 14.9. The highest BCUT2D eigenvalue weighted by molar-refractivity contribution is 7.48. The summed E-state index contributed by atoms with van der Waals surface area (Å²) < 4.78 is 59.5. The summed E-state index contributed by atoms with van der Waals surface area (Å²) in [5, 5.41) is 74.8.